The van der Waals surface area contributed by atoms with Crippen molar-refractivity contribution in [2.75, 3.05) is 13.6 Å². The quantitative estimate of drug-likeness (QED) is 0.743. The molecule has 0 bridgehead atoms. The molecule has 4 nitrogen and oxygen atoms in total. The predicted octanol–water partition coefficient (Wildman–Crippen LogP) is 0.589. The Kier molecular flexibility index (Phi) is 4.74. The number of amides is 1. The van der Waals surface area contributed by atoms with Gasteiger partial charge in [0.05, 0.1) is 12.0 Å². The van der Waals surface area contributed by atoms with Crippen LogP contribution in [0.25, 0.3) is 0 Å². The fourth-order valence-corrected chi connectivity index (χ4v) is 2.62. The molecule has 1 aliphatic carbocycles. The highest BCUT2D eigenvalue weighted by Gasteiger charge is 2.35. The normalized spacial score (nSPS) is 32.2. The minimum absolute atomic E-state index is 0.0206. The van der Waals surface area contributed by atoms with Crippen LogP contribution in [0, 0.1) is 11.8 Å². The van der Waals surface area contributed by atoms with Crippen LogP contribution < -0.4 is 5.73 Å². The number of aliphatic hydroxyl groups excluding tert-OH is 1. The van der Waals surface area contributed by atoms with E-state index >= 15 is 0 Å². The van der Waals surface area contributed by atoms with Crippen LogP contribution in [0.4, 0.5) is 0 Å². The number of carbonyl (C=O) groups excluding carboxylic acids is 1. The lowest BCUT2D eigenvalue weighted by Crippen LogP contribution is -2.49. The molecule has 1 rings (SSSR count). The molecule has 4 heteroatoms. The molecule has 0 saturated heterocycles. The number of likely N-dealkylation sites (N-methyl/N-ethyl adjacent to an activating group) is 1. The Labute approximate surface area is 97.8 Å². The van der Waals surface area contributed by atoms with Gasteiger partial charge in [-0.1, -0.05) is 13.3 Å². The Morgan fingerprint density at radius 3 is 2.69 bits per heavy atom. The van der Waals surface area contributed by atoms with Crippen LogP contribution in [0.15, 0.2) is 0 Å². The highest BCUT2D eigenvalue weighted by molar-refractivity contribution is 5.79. The molecule has 0 heterocycles. The number of nitrogens with two attached hydrogens (primary N) is 1. The minimum atomic E-state index is -0.482. The first kappa shape index (κ1) is 13.5. The summed E-state index contributed by atoms with van der Waals surface area (Å²) in [5, 5.41) is 9.28. The van der Waals surface area contributed by atoms with E-state index in [2.05, 4.69) is 6.92 Å². The van der Waals surface area contributed by atoms with Crippen LogP contribution in [0.5, 0.6) is 0 Å². The molecular weight excluding hydrogens is 204 g/mol. The van der Waals surface area contributed by atoms with Crippen molar-refractivity contribution in [3.05, 3.63) is 0 Å². The average molecular weight is 228 g/mol. The second-order valence-electron chi connectivity index (χ2n) is 5.17. The zero-order valence-corrected chi connectivity index (χ0v) is 10.5. The van der Waals surface area contributed by atoms with E-state index in [-0.39, 0.29) is 17.9 Å². The monoisotopic (exact) mass is 228 g/mol. The SMILES string of the molecule is CC(O)CN(C)C(=O)C1C(C)CCCC1N. The van der Waals surface area contributed by atoms with Crippen LogP contribution >= 0.6 is 0 Å². The molecule has 1 amide bonds. The Hall–Kier alpha value is -0.610. The summed E-state index contributed by atoms with van der Waals surface area (Å²) in [5.41, 5.74) is 6.03. The summed E-state index contributed by atoms with van der Waals surface area (Å²) in [7, 11) is 1.74. The Morgan fingerprint density at radius 2 is 2.19 bits per heavy atom. The van der Waals surface area contributed by atoms with Crippen molar-refractivity contribution in [2.45, 2.75) is 45.3 Å². The summed E-state index contributed by atoms with van der Waals surface area (Å²) in [4.78, 5) is 13.8. The Morgan fingerprint density at radius 1 is 1.56 bits per heavy atom. The van der Waals surface area contributed by atoms with Gasteiger partial charge in [-0.25, -0.2) is 0 Å². The van der Waals surface area contributed by atoms with Gasteiger partial charge in [-0.3, -0.25) is 4.79 Å². The lowest BCUT2D eigenvalue weighted by atomic mass is 9.76. The molecule has 1 aliphatic rings. The molecular formula is C12H24N2O2. The van der Waals surface area contributed by atoms with Gasteiger partial charge in [-0.15, -0.1) is 0 Å². The number of nitrogens with zero attached hydrogens (tertiary/aromatic N) is 1. The summed E-state index contributed by atoms with van der Waals surface area (Å²) < 4.78 is 0. The summed E-state index contributed by atoms with van der Waals surface area (Å²) in [6, 6.07) is -0.0206. The van der Waals surface area contributed by atoms with Gasteiger partial charge < -0.3 is 15.7 Å². The lowest BCUT2D eigenvalue weighted by molar-refractivity contribution is -0.138. The molecule has 4 atom stereocenters. The molecule has 16 heavy (non-hydrogen) atoms. The molecule has 0 radical (unpaired) electrons. The summed E-state index contributed by atoms with van der Waals surface area (Å²) in [5.74, 6) is 0.366. The average Bonchev–Trinajstić information content (AvgIpc) is 2.16. The molecule has 0 aliphatic heterocycles. The molecule has 0 aromatic heterocycles. The third-order valence-corrected chi connectivity index (χ3v) is 3.47. The van der Waals surface area contributed by atoms with Crippen LogP contribution in [-0.2, 0) is 4.79 Å². The number of rotatable bonds is 3. The van der Waals surface area contributed by atoms with Crippen molar-refractivity contribution in [3.8, 4) is 0 Å². The predicted molar refractivity (Wildman–Crippen MR) is 63.8 cm³/mol. The number of carbonyl (C=O) groups is 1. The fourth-order valence-electron chi connectivity index (χ4n) is 2.62. The van der Waals surface area contributed by atoms with Crippen molar-refractivity contribution >= 4 is 5.91 Å². The number of aliphatic hydroxyl groups is 1. The van der Waals surface area contributed by atoms with Crippen molar-refractivity contribution in [1.82, 2.24) is 4.90 Å². The maximum absolute atomic E-state index is 12.2. The standard InChI is InChI=1S/C12H24N2O2/c1-8-5-4-6-10(13)11(8)12(16)14(3)7-9(2)15/h8-11,15H,4-7,13H2,1-3H3. The van der Waals surface area contributed by atoms with E-state index in [1.807, 2.05) is 0 Å². The molecule has 0 spiro atoms. The van der Waals surface area contributed by atoms with Gasteiger partial charge in [0.25, 0.3) is 0 Å². The van der Waals surface area contributed by atoms with Gasteiger partial charge in [0, 0.05) is 19.6 Å². The first-order chi connectivity index (χ1) is 7.43. The van der Waals surface area contributed by atoms with Crippen molar-refractivity contribution in [2.24, 2.45) is 17.6 Å². The van der Waals surface area contributed by atoms with E-state index in [0.29, 0.717) is 12.5 Å². The molecule has 3 N–H and O–H groups in total. The molecule has 0 aromatic rings. The largest absolute Gasteiger partial charge is 0.392 e. The van der Waals surface area contributed by atoms with Crippen molar-refractivity contribution in [3.63, 3.8) is 0 Å². The van der Waals surface area contributed by atoms with Gasteiger partial charge in [0.15, 0.2) is 0 Å². The van der Waals surface area contributed by atoms with Gasteiger partial charge in [0.1, 0.15) is 0 Å². The Balaban J connectivity index is 2.63. The molecule has 4 unspecified atom stereocenters. The zero-order chi connectivity index (χ0) is 12.3. The second kappa shape index (κ2) is 5.64. The zero-order valence-electron chi connectivity index (χ0n) is 10.5. The molecule has 0 aromatic carbocycles. The van der Waals surface area contributed by atoms with E-state index in [1.54, 1.807) is 18.9 Å². The van der Waals surface area contributed by atoms with Gasteiger partial charge in [-0.2, -0.15) is 0 Å². The van der Waals surface area contributed by atoms with Gasteiger partial charge in [0.2, 0.25) is 5.91 Å². The molecule has 94 valence electrons. The highest BCUT2D eigenvalue weighted by Crippen LogP contribution is 2.30. The maximum Gasteiger partial charge on any atom is 0.227 e. The third-order valence-electron chi connectivity index (χ3n) is 3.47. The van der Waals surface area contributed by atoms with Gasteiger partial charge in [-0.05, 0) is 25.7 Å². The van der Waals surface area contributed by atoms with Crippen molar-refractivity contribution in [1.29, 1.82) is 0 Å². The second-order valence-corrected chi connectivity index (χ2v) is 5.17. The number of hydrogen-bond donors (Lipinski definition) is 2. The van der Waals surface area contributed by atoms with E-state index in [1.165, 1.54) is 0 Å². The first-order valence-corrected chi connectivity index (χ1v) is 6.12. The summed E-state index contributed by atoms with van der Waals surface area (Å²) in [6.07, 6.45) is 2.64. The first-order valence-electron chi connectivity index (χ1n) is 6.12. The van der Waals surface area contributed by atoms with Gasteiger partial charge >= 0.3 is 0 Å². The van der Waals surface area contributed by atoms with Crippen LogP contribution in [0.1, 0.15) is 33.1 Å². The van der Waals surface area contributed by atoms with Crippen LogP contribution in [0.3, 0.4) is 0 Å². The Bertz CT molecular complexity index is 233. The van der Waals surface area contributed by atoms with Crippen molar-refractivity contribution < 1.29 is 9.90 Å². The molecule has 1 saturated carbocycles. The van der Waals surface area contributed by atoms with Crippen LogP contribution in [-0.4, -0.2) is 41.7 Å². The smallest absolute Gasteiger partial charge is 0.227 e. The van der Waals surface area contributed by atoms with E-state index in [0.717, 1.165) is 19.3 Å². The fraction of sp³-hybridized carbons (Fsp3) is 0.917. The topological polar surface area (TPSA) is 66.6 Å². The van der Waals surface area contributed by atoms with E-state index < -0.39 is 6.10 Å². The minimum Gasteiger partial charge on any atom is -0.392 e. The summed E-state index contributed by atoms with van der Waals surface area (Å²) >= 11 is 0. The highest BCUT2D eigenvalue weighted by atomic mass is 16.3. The van der Waals surface area contributed by atoms with Crippen LogP contribution in [0.2, 0.25) is 0 Å². The lowest BCUT2D eigenvalue weighted by Gasteiger charge is -2.36. The molecule has 1 fully saturated rings. The number of hydrogen-bond acceptors (Lipinski definition) is 3. The van der Waals surface area contributed by atoms with E-state index in [4.69, 9.17) is 5.73 Å². The maximum atomic E-state index is 12.2. The van der Waals surface area contributed by atoms with E-state index in [9.17, 15) is 9.90 Å². The summed E-state index contributed by atoms with van der Waals surface area (Å²) in [6.45, 7) is 4.17. The third kappa shape index (κ3) is 3.19.